The standard InChI is InChI=1S/C56H44N2/c1-55(2)47-23-13-12-22-45(47)46-31-27-40(35-49(46)55)41-29-32-52-50(36-41)56(3,4)48-24-14-15-25-51(48)58(52)54-44-21-11-10-17-38(44)28-33-53(54)57(42-19-6-5-7-20-42)43-30-26-37-16-8-9-18-39(37)34-43/h5-36H,1-4H3. The molecule has 278 valence electrons. The van der Waals surface area contributed by atoms with Gasteiger partial charge in [-0.25, -0.2) is 0 Å². The largest absolute Gasteiger partial charge is 0.308 e. The summed E-state index contributed by atoms with van der Waals surface area (Å²) in [6.45, 7) is 9.52. The third kappa shape index (κ3) is 5.11. The van der Waals surface area contributed by atoms with E-state index in [4.69, 9.17) is 0 Å². The van der Waals surface area contributed by atoms with Gasteiger partial charge in [-0.2, -0.15) is 0 Å². The number of benzene rings is 9. The van der Waals surface area contributed by atoms with Crippen LogP contribution in [0.1, 0.15) is 49.9 Å². The average Bonchev–Trinajstić information content (AvgIpc) is 3.49. The Balaban J connectivity index is 1.15. The molecule has 0 radical (unpaired) electrons. The van der Waals surface area contributed by atoms with Crippen LogP contribution in [0.25, 0.3) is 43.8 Å². The van der Waals surface area contributed by atoms with E-state index in [0.29, 0.717) is 0 Å². The zero-order valence-corrected chi connectivity index (χ0v) is 33.4. The second kappa shape index (κ2) is 12.8. The highest BCUT2D eigenvalue weighted by Crippen LogP contribution is 2.57. The summed E-state index contributed by atoms with van der Waals surface area (Å²) in [6, 6.07) is 72.0. The van der Waals surface area contributed by atoms with E-state index in [9.17, 15) is 0 Å². The van der Waals surface area contributed by atoms with Gasteiger partial charge in [-0.3, -0.25) is 0 Å². The second-order valence-electron chi connectivity index (χ2n) is 17.0. The SMILES string of the molecule is CC1(C)c2ccccc2-c2ccc(-c3ccc4c(c3)C(C)(C)c3ccccc3N4c3c(N(c4ccccc4)c4ccc5ccccc5c4)ccc4ccccc34)cc21. The van der Waals surface area contributed by atoms with Gasteiger partial charge >= 0.3 is 0 Å². The number of fused-ring (bicyclic) bond motifs is 7. The van der Waals surface area contributed by atoms with Crippen LogP contribution in [0.5, 0.6) is 0 Å². The Morgan fingerprint density at radius 2 is 0.966 bits per heavy atom. The molecule has 0 fully saturated rings. The fourth-order valence-corrected chi connectivity index (χ4v) is 9.99. The van der Waals surface area contributed by atoms with E-state index in [-0.39, 0.29) is 10.8 Å². The van der Waals surface area contributed by atoms with Gasteiger partial charge in [-0.05, 0) is 115 Å². The normalized spacial score (nSPS) is 14.4. The zero-order chi connectivity index (χ0) is 39.2. The van der Waals surface area contributed by atoms with Crippen molar-refractivity contribution < 1.29 is 0 Å². The molecule has 1 aliphatic carbocycles. The van der Waals surface area contributed by atoms with Crippen LogP contribution in [-0.4, -0.2) is 0 Å². The van der Waals surface area contributed by atoms with Crippen LogP contribution in [0.4, 0.5) is 34.1 Å². The maximum atomic E-state index is 2.55. The van der Waals surface area contributed by atoms with Crippen LogP contribution in [0, 0.1) is 0 Å². The van der Waals surface area contributed by atoms with Crippen LogP contribution in [0.3, 0.4) is 0 Å². The molecular formula is C56H44N2. The molecule has 0 amide bonds. The van der Waals surface area contributed by atoms with E-state index in [2.05, 4.69) is 232 Å². The van der Waals surface area contributed by atoms with Crippen molar-refractivity contribution in [2.75, 3.05) is 9.80 Å². The lowest BCUT2D eigenvalue weighted by Crippen LogP contribution is -2.31. The first kappa shape index (κ1) is 34.4. The molecule has 0 spiro atoms. The molecule has 0 bridgehead atoms. The third-order valence-corrected chi connectivity index (χ3v) is 13.0. The fraction of sp³-hybridized carbons (Fsp3) is 0.107. The lowest BCUT2D eigenvalue weighted by Gasteiger charge is -2.44. The molecule has 1 heterocycles. The van der Waals surface area contributed by atoms with Crippen LogP contribution in [0.15, 0.2) is 194 Å². The summed E-state index contributed by atoms with van der Waals surface area (Å²) < 4.78 is 0. The Morgan fingerprint density at radius 1 is 0.379 bits per heavy atom. The highest BCUT2D eigenvalue weighted by Gasteiger charge is 2.39. The van der Waals surface area contributed by atoms with Crippen molar-refractivity contribution in [1.29, 1.82) is 0 Å². The molecule has 0 aromatic heterocycles. The third-order valence-electron chi connectivity index (χ3n) is 13.0. The average molecular weight is 745 g/mol. The van der Waals surface area contributed by atoms with E-state index < -0.39 is 0 Å². The summed E-state index contributed by atoms with van der Waals surface area (Å²) in [5.74, 6) is 0. The number of nitrogens with zero attached hydrogens (tertiary/aromatic N) is 2. The predicted molar refractivity (Wildman–Crippen MR) is 246 cm³/mol. The van der Waals surface area contributed by atoms with Gasteiger partial charge in [0, 0.05) is 27.6 Å². The molecule has 2 aliphatic rings. The molecule has 0 unspecified atom stereocenters. The minimum absolute atomic E-state index is 0.0639. The van der Waals surface area contributed by atoms with Crippen molar-refractivity contribution in [2.24, 2.45) is 0 Å². The zero-order valence-electron chi connectivity index (χ0n) is 33.4. The number of hydrogen-bond donors (Lipinski definition) is 0. The van der Waals surface area contributed by atoms with Crippen molar-refractivity contribution in [3.05, 3.63) is 216 Å². The summed E-state index contributed by atoms with van der Waals surface area (Å²) in [6.07, 6.45) is 0. The van der Waals surface area contributed by atoms with Gasteiger partial charge in [0.2, 0.25) is 0 Å². The van der Waals surface area contributed by atoms with Crippen LogP contribution >= 0.6 is 0 Å². The summed E-state index contributed by atoms with van der Waals surface area (Å²) >= 11 is 0. The molecule has 0 saturated carbocycles. The quantitative estimate of drug-likeness (QED) is 0.173. The maximum absolute atomic E-state index is 2.55. The van der Waals surface area contributed by atoms with Gasteiger partial charge in [0.1, 0.15) is 0 Å². The number of hydrogen-bond acceptors (Lipinski definition) is 2. The highest BCUT2D eigenvalue weighted by atomic mass is 15.2. The van der Waals surface area contributed by atoms with Crippen LogP contribution in [0.2, 0.25) is 0 Å². The minimum atomic E-state index is -0.257. The van der Waals surface area contributed by atoms with Crippen LogP contribution in [-0.2, 0) is 10.8 Å². The van der Waals surface area contributed by atoms with Gasteiger partial charge in [0.05, 0.1) is 22.7 Å². The van der Waals surface area contributed by atoms with Gasteiger partial charge < -0.3 is 9.80 Å². The summed E-state index contributed by atoms with van der Waals surface area (Å²) in [4.78, 5) is 4.99. The summed E-state index contributed by atoms with van der Waals surface area (Å²) in [7, 11) is 0. The molecule has 9 aromatic rings. The van der Waals surface area contributed by atoms with Gasteiger partial charge in [-0.15, -0.1) is 0 Å². The number of para-hydroxylation sites is 2. The molecule has 2 heteroatoms. The predicted octanol–water partition coefficient (Wildman–Crippen LogP) is 15.5. The highest BCUT2D eigenvalue weighted by molar-refractivity contribution is 6.09. The van der Waals surface area contributed by atoms with E-state index >= 15 is 0 Å². The molecule has 11 rings (SSSR count). The first-order valence-corrected chi connectivity index (χ1v) is 20.4. The molecule has 1 aliphatic heterocycles. The second-order valence-corrected chi connectivity index (χ2v) is 17.0. The Labute approximate surface area is 341 Å². The molecular weight excluding hydrogens is 701 g/mol. The van der Waals surface area contributed by atoms with Gasteiger partial charge in [-0.1, -0.05) is 167 Å². The maximum Gasteiger partial charge on any atom is 0.0781 e. The first-order chi connectivity index (χ1) is 28.3. The monoisotopic (exact) mass is 744 g/mol. The molecule has 2 nitrogen and oxygen atoms in total. The molecule has 0 saturated heterocycles. The fourth-order valence-electron chi connectivity index (χ4n) is 9.99. The number of rotatable bonds is 5. The topological polar surface area (TPSA) is 6.48 Å². The lowest BCUT2D eigenvalue weighted by molar-refractivity contribution is 0.632. The van der Waals surface area contributed by atoms with Crippen LogP contribution < -0.4 is 9.80 Å². The molecule has 9 aromatic carbocycles. The smallest absolute Gasteiger partial charge is 0.0781 e. The lowest BCUT2D eigenvalue weighted by atomic mass is 9.72. The Morgan fingerprint density at radius 3 is 1.79 bits per heavy atom. The van der Waals surface area contributed by atoms with E-state index in [1.807, 2.05) is 0 Å². The van der Waals surface area contributed by atoms with Crippen molar-refractivity contribution in [1.82, 2.24) is 0 Å². The van der Waals surface area contributed by atoms with Crippen molar-refractivity contribution >= 4 is 55.7 Å². The van der Waals surface area contributed by atoms with E-state index in [0.717, 1.165) is 22.7 Å². The van der Waals surface area contributed by atoms with Crippen molar-refractivity contribution in [2.45, 2.75) is 38.5 Å². The van der Waals surface area contributed by atoms with Crippen molar-refractivity contribution in [3.63, 3.8) is 0 Å². The first-order valence-electron chi connectivity index (χ1n) is 20.4. The molecule has 0 atom stereocenters. The minimum Gasteiger partial charge on any atom is -0.308 e. The molecule has 0 N–H and O–H groups in total. The van der Waals surface area contributed by atoms with Gasteiger partial charge in [0.25, 0.3) is 0 Å². The molecule has 58 heavy (non-hydrogen) atoms. The Hall–Kier alpha value is -6.90. The Kier molecular flexibility index (Phi) is 7.59. The van der Waals surface area contributed by atoms with E-state index in [1.165, 1.54) is 77.4 Å². The Bertz CT molecular complexity index is 3080. The van der Waals surface area contributed by atoms with E-state index in [1.54, 1.807) is 0 Å². The summed E-state index contributed by atoms with van der Waals surface area (Å²) in [5.41, 5.74) is 17.2. The summed E-state index contributed by atoms with van der Waals surface area (Å²) in [5, 5.41) is 4.85. The van der Waals surface area contributed by atoms with Crippen molar-refractivity contribution in [3.8, 4) is 22.3 Å². The van der Waals surface area contributed by atoms with Gasteiger partial charge in [0.15, 0.2) is 0 Å². The number of anilines is 6.